The molecule has 1 aliphatic carbocycles. The lowest BCUT2D eigenvalue weighted by molar-refractivity contribution is 0.385. The third-order valence-electron chi connectivity index (χ3n) is 5.30. The Labute approximate surface area is 172 Å². The van der Waals surface area contributed by atoms with Crippen molar-refractivity contribution in [2.75, 3.05) is 20.7 Å². The number of hydrogen-bond donors (Lipinski definition) is 1. The molecule has 0 aliphatic heterocycles. The van der Waals surface area contributed by atoms with Gasteiger partial charge in [-0.1, -0.05) is 25.8 Å². The molecule has 7 nitrogen and oxygen atoms in total. The van der Waals surface area contributed by atoms with Gasteiger partial charge in [-0.3, -0.25) is 4.99 Å². The lowest BCUT2D eigenvalue weighted by Crippen LogP contribution is -2.43. The Morgan fingerprint density at radius 3 is 2.86 bits per heavy atom. The number of aliphatic imine (C=N–C) groups is 1. The molecule has 1 heterocycles. The summed E-state index contributed by atoms with van der Waals surface area (Å²) in [5.41, 5.74) is 0.874. The molecule has 1 aromatic carbocycles. The van der Waals surface area contributed by atoms with Gasteiger partial charge in [0, 0.05) is 32.6 Å². The second-order valence-corrected chi connectivity index (χ2v) is 7.45. The van der Waals surface area contributed by atoms with E-state index >= 15 is 0 Å². The summed E-state index contributed by atoms with van der Waals surface area (Å²) in [4.78, 5) is 6.87. The quantitative estimate of drug-likeness (QED) is 0.543. The van der Waals surface area contributed by atoms with Crippen LogP contribution in [-0.2, 0) is 19.5 Å². The minimum absolute atomic E-state index is 0.259. The van der Waals surface area contributed by atoms with E-state index in [1.807, 2.05) is 22.6 Å². The van der Waals surface area contributed by atoms with Crippen LogP contribution in [0.1, 0.15) is 44.0 Å². The molecule has 1 fully saturated rings. The fraction of sp³-hybridized carbons (Fsp3) is 0.571. The van der Waals surface area contributed by atoms with Gasteiger partial charge in [-0.05, 0) is 30.5 Å². The highest BCUT2D eigenvalue weighted by Crippen LogP contribution is 2.20. The monoisotopic (exact) mass is 402 g/mol. The SMILES string of the molecule is CCc1nncn1CCN=C(NC1CCCC1)N(C)Cc1ccc(OC)c(F)c1. The van der Waals surface area contributed by atoms with E-state index in [9.17, 15) is 4.39 Å². The Kier molecular flexibility index (Phi) is 7.43. The topological polar surface area (TPSA) is 67.6 Å². The zero-order valence-corrected chi connectivity index (χ0v) is 17.6. The van der Waals surface area contributed by atoms with E-state index in [0.717, 1.165) is 43.2 Å². The molecule has 1 N–H and O–H groups in total. The number of ether oxygens (including phenoxy) is 1. The number of methoxy groups -OCH3 is 1. The zero-order valence-electron chi connectivity index (χ0n) is 17.6. The number of hydrogen-bond acceptors (Lipinski definition) is 4. The molecule has 2 aromatic rings. The van der Waals surface area contributed by atoms with Crippen LogP contribution in [0.2, 0.25) is 0 Å². The molecule has 3 rings (SSSR count). The summed E-state index contributed by atoms with van der Waals surface area (Å²) in [6.07, 6.45) is 7.42. The van der Waals surface area contributed by atoms with Crippen molar-refractivity contribution in [2.45, 2.75) is 58.2 Å². The van der Waals surface area contributed by atoms with Crippen molar-refractivity contribution < 1.29 is 9.13 Å². The first-order chi connectivity index (χ1) is 14.1. The molecule has 1 aromatic heterocycles. The summed E-state index contributed by atoms with van der Waals surface area (Å²) >= 11 is 0. The van der Waals surface area contributed by atoms with Crippen LogP contribution < -0.4 is 10.1 Å². The number of aromatic nitrogens is 3. The fourth-order valence-electron chi connectivity index (χ4n) is 3.69. The zero-order chi connectivity index (χ0) is 20.6. The van der Waals surface area contributed by atoms with E-state index in [0.29, 0.717) is 19.1 Å². The van der Waals surface area contributed by atoms with Gasteiger partial charge in [0.15, 0.2) is 17.5 Å². The number of halogens is 1. The van der Waals surface area contributed by atoms with E-state index in [4.69, 9.17) is 9.73 Å². The molecule has 0 saturated heterocycles. The van der Waals surface area contributed by atoms with Gasteiger partial charge >= 0.3 is 0 Å². The number of aryl methyl sites for hydroxylation is 1. The van der Waals surface area contributed by atoms with Gasteiger partial charge in [-0.2, -0.15) is 0 Å². The number of benzene rings is 1. The maximum atomic E-state index is 14.1. The van der Waals surface area contributed by atoms with Gasteiger partial charge in [0.1, 0.15) is 12.2 Å². The summed E-state index contributed by atoms with van der Waals surface area (Å²) in [5, 5.41) is 11.7. The van der Waals surface area contributed by atoms with Crippen LogP contribution in [0.3, 0.4) is 0 Å². The highest BCUT2D eigenvalue weighted by atomic mass is 19.1. The minimum Gasteiger partial charge on any atom is -0.494 e. The predicted octanol–water partition coefficient (Wildman–Crippen LogP) is 3.01. The number of guanidine groups is 1. The molecule has 158 valence electrons. The first-order valence-electron chi connectivity index (χ1n) is 10.3. The Morgan fingerprint density at radius 2 is 2.17 bits per heavy atom. The van der Waals surface area contributed by atoms with Crippen LogP contribution in [0.25, 0.3) is 0 Å². The third kappa shape index (κ3) is 5.68. The van der Waals surface area contributed by atoms with Crippen molar-refractivity contribution >= 4 is 5.96 Å². The Morgan fingerprint density at radius 1 is 1.38 bits per heavy atom. The molecule has 0 atom stereocenters. The number of nitrogens with one attached hydrogen (secondary N) is 1. The van der Waals surface area contributed by atoms with Crippen LogP contribution in [0.4, 0.5) is 4.39 Å². The smallest absolute Gasteiger partial charge is 0.194 e. The van der Waals surface area contributed by atoms with Gasteiger partial charge in [-0.15, -0.1) is 10.2 Å². The van der Waals surface area contributed by atoms with Crippen molar-refractivity contribution in [1.29, 1.82) is 0 Å². The lowest BCUT2D eigenvalue weighted by atomic mass is 10.2. The van der Waals surface area contributed by atoms with Crippen LogP contribution >= 0.6 is 0 Å². The first kappa shape index (κ1) is 21.1. The minimum atomic E-state index is -0.347. The first-order valence-corrected chi connectivity index (χ1v) is 10.3. The highest BCUT2D eigenvalue weighted by molar-refractivity contribution is 5.80. The van der Waals surface area contributed by atoms with Crippen molar-refractivity contribution in [3.63, 3.8) is 0 Å². The standard InChI is InChI=1S/C21H31FN6O/c1-4-20-26-24-15-28(20)12-11-23-21(25-17-7-5-6-8-17)27(2)14-16-9-10-19(29-3)18(22)13-16/h9-10,13,15,17H,4-8,11-12,14H2,1-3H3,(H,23,25). The van der Waals surface area contributed by atoms with E-state index in [1.165, 1.54) is 26.0 Å². The molecule has 0 spiro atoms. The molecule has 0 unspecified atom stereocenters. The summed E-state index contributed by atoms with van der Waals surface area (Å²) < 4.78 is 21.1. The molecule has 1 saturated carbocycles. The molecule has 8 heteroatoms. The van der Waals surface area contributed by atoms with Gasteiger partial charge in [0.25, 0.3) is 0 Å². The van der Waals surface area contributed by atoms with Gasteiger partial charge in [-0.25, -0.2) is 4.39 Å². The normalized spacial score (nSPS) is 15.0. The van der Waals surface area contributed by atoms with E-state index in [1.54, 1.807) is 12.4 Å². The van der Waals surface area contributed by atoms with Crippen LogP contribution in [0, 0.1) is 5.82 Å². The Balaban J connectivity index is 1.68. The van der Waals surface area contributed by atoms with Gasteiger partial charge < -0.3 is 19.5 Å². The molecule has 1 aliphatic rings. The maximum Gasteiger partial charge on any atom is 0.194 e. The Hall–Kier alpha value is -2.64. The van der Waals surface area contributed by atoms with Crippen molar-refractivity contribution in [2.24, 2.45) is 4.99 Å². The van der Waals surface area contributed by atoms with Crippen molar-refractivity contribution in [3.8, 4) is 5.75 Å². The molecular weight excluding hydrogens is 371 g/mol. The van der Waals surface area contributed by atoms with E-state index < -0.39 is 0 Å². The van der Waals surface area contributed by atoms with E-state index in [2.05, 4.69) is 22.4 Å². The number of rotatable bonds is 8. The van der Waals surface area contributed by atoms with Crippen molar-refractivity contribution in [3.05, 3.63) is 41.7 Å². The summed E-state index contributed by atoms with van der Waals surface area (Å²) in [6, 6.07) is 5.52. The third-order valence-corrected chi connectivity index (χ3v) is 5.30. The fourth-order valence-corrected chi connectivity index (χ4v) is 3.69. The molecule has 0 amide bonds. The van der Waals surface area contributed by atoms with Gasteiger partial charge in [0.2, 0.25) is 0 Å². The van der Waals surface area contributed by atoms with Crippen LogP contribution in [0.5, 0.6) is 5.75 Å². The molecular formula is C21H31FN6O. The largest absolute Gasteiger partial charge is 0.494 e. The molecule has 29 heavy (non-hydrogen) atoms. The van der Waals surface area contributed by atoms with Crippen LogP contribution in [-0.4, -0.2) is 52.4 Å². The lowest BCUT2D eigenvalue weighted by Gasteiger charge is -2.25. The highest BCUT2D eigenvalue weighted by Gasteiger charge is 2.18. The maximum absolute atomic E-state index is 14.1. The summed E-state index contributed by atoms with van der Waals surface area (Å²) in [7, 11) is 3.46. The summed E-state index contributed by atoms with van der Waals surface area (Å²) in [6.45, 7) is 3.99. The Bertz CT molecular complexity index is 815. The average Bonchev–Trinajstić information content (AvgIpc) is 3.39. The molecule has 0 bridgehead atoms. The van der Waals surface area contributed by atoms with Crippen molar-refractivity contribution in [1.82, 2.24) is 25.0 Å². The summed E-state index contributed by atoms with van der Waals surface area (Å²) in [5.74, 6) is 1.72. The predicted molar refractivity (Wildman–Crippen MR) is 112 cm³/mol. The van der Waals surface area contributed by atoms with Gasteiger partial charge in [0.05, 0.1) is 13.7 Å². The average molecular weight is 403 g/mol. The molecule has 0 radical (unpaired) electrons. The van der Waals surface area contributed by atoms with Crippen LogP contribution in [0.15, 0.2) is 29.5 Å². The second kappa shape index (κ2) is 10.2. The number of nitrogens with zero attached hydrogens (tertiary/aromatic N) is 5. The second-order valence-electron chi connectivity index (χ2n) is 7.45. The van der Waals surface area contributed by atoms with E-state index in [-0.39, 0.29) is 11.6 Å².